The summed E-state index contributed by atoms with van der Waals surface area (Å²) >= 11 is 0. The Balaban J connectivity index is 0.00000261. The number of carbonyl (C=O) groups excluding carboxylic acids is 1. The summed E-state index contributed by atoms with van der Waals surface area (Å²) in [6, 6.07) is 8.51. The van der Waals surface area contributed by atoms with Gasteiger partial charge in [-0.1, -0.05) is 31.2 Å². The van der Waals surface area contributed by atoms with Crippen molar-refractivity contribution in [2.75, 3.05) is 26.2 Å². The first kappa shape index (κ1) is 22.0. The van der Waals surface area contributed by atoms with Gasteiger partial charge in [0.05, 0.1) is 6.54 Å². The van der Waals surface area contributed by atoms with Gasteiger partial charge in [-0.25, -0.2) is 4.99 Å². The number of likely N-dealkylation sites (tertiary alicyclic amines) is 2. The summed E-state index contributed by atoms with van der Waals surface area (Å²) in [4.78, 5) is 21.1. The summed E-state index contributed by atoms with van der Waals surface area (Å²) in [6.07, 6.45) is 4.24. The maximum Gasteiger partial charge on any atom is 0.222 e. The molecule has 0 aromatic heterocycles. The van der Waals surface area contributed by atoms with Crippen LogP contribution in [0, 0.1) is 5.92 Å². The summed E-state index contributed by atoms with van der Waals surface area (Å²) in [5.74, 6) is 2.04. The Labute approximate surface area is 180 Å². The number of nitrogens with one attached hydrogen (secondary N) is 1. The quantitative estimate of drug-likeness (QED) is 0.395. The zero-order valence-corrected chi connectivity index (χ0v) is 18.9. The average Bonchev–Trinajstić information content (AvgIpc) is 3.04. The minimum Gasteiger partial charge on any atom is -0.357 e. The van der Waals surface area contributed by atoms with E-state index in [1.165, 1.54) is 24.0 Å². The van der Waals surface area contributed by atoms with Crippen molar-refractivity contribution >= 4 is 35.8 Å². The average molecular weight is 484 g/mol. The van der Waals surface area contributed by atoms with Gasteiger partial charge in [-0.3, -0.25) is 4.79 Å². The Morgan fingerprint density at radius 3 is 2.78 bits per heavy atom. The molecule has 2 aliphatic heterocycles. The molecule has 5 nitrogen and oxygen atoms in total. The Morgan fingerprint density at radius 1 is 1.26 bits per heavy atom. The Bertz CT molecular complexity index is 649. The third kappa shape index (κ3) is 6.36. The van der Waals surface area contributed by atoms with Crippen molar-refractivity contribution < 1.29 is 4.79 Å². The second-order valence-corrected chi connectivity index (χ2v) is 7.60. The van der Waals surface area contributed by atoms with Crippen molar-refractivity contribution in [2.24, 2.45) is 10.9 Å². The molecule has 6 heteroatoms. The van der Waals surface area contributed by atoms with Crippen LogP contribution in [0.5, 0.6) is 0 Å². The lowest BCUT2D eigenvalue weighted by Gasteiger charge is -2.33. The molecular weight excluding hydrogens is 451 g/mol. The number of guanidine groups is 1. The number of hydrogen-bond acceptors (Lipinski definition) is 2. The van der Waals surface area contributed by atoms with E-state index in [1.807, 2.05) is 4.90 Å². The van der Waals surface area contributed by atoms with Gasteiger partial charge in [0, 0.05) is 39.1 Å². The molecule has 1 aromatic carbocycles. The first-order valence-electron chi connectivity index (χ1n) is 10.0. The van der Waals surface area contributed by atoms with Crippen LogP contribution in [0.1, 0.15) is 50.7 Å². The SMILES string of the molecule is CCNC(=NCc1cccc(CN2CCCC2=O)c1)N1CCCC(C)C1.I. The molecule has 2 saturated heterocycles. The maximum atomic E-state index is 11.8. The van der Waals surface area contributed by atoms with Gasteiger partial charge in [-0.05, 0) is 43.2 Å². The van der Waals surface area contributed by atoms with Crippen LogP contribution in [0.25, 0.3) is 0 Å². The minimum absolute atomic E-state index is 0. The second kappa shape index (κ2) is 10.9. The van der Waals surface area contributed by atoms with Crippen molar-refractivity contribution in [3.05, 3.63) is 35.4 Å². The van der Waals surface area contributed by atoms with E-state index in [0.717, 1.165) is 51.0 Å². The van der Waals surface area contributed by atoms with Gasteiger partial charge in [-0.2, -0.15) is 0 Å². The lowest BCUT2D eigenvalue weighted by molar-refractivity contribution is -0.128. The largest absolute Gasteiger partial charge is 0.357 e. The number of rotatable bonds is 5. The molecule has 27 heavy (non-hydrogen) atoms. The van der Waals surface area contributed by atoms with Crippen LogP contribution in [0.15, 0.2) is 29.3 Å². The van der Waals surface area contributed by atoms with E-state index in [9.17, 15) is 4.79 Å². The number of halogens is 1. The Hall–Kier alpha value is -1.31. The van der Waals surface area contributed by atoms with Crippen molar-refractivity contribution in [1.82, 2.24) is 15.1 Å². The van der Waals surface area contributed by atoms with Gasteiger partial charge in [-0.15, -0.1) is 24.0 Å². The molecule has 2 heterocycles. The number of hydrogen-bond donors (Lipinski definition) is 1. The van der Waals surface area contributed by atoms with Gasteiger partial charge in [0.1, 0.15) is 0 Å². The number of carbonyl (C=O) groups is 1. The summed E-state index contributed by atoms with van der Waals surface area (Å²) in [5, 5.41) is 3.45. The van der Waals surface area contributed by atoms with Crippen molar-refractivity contribution in [2.45, 2.75) is 52.6 Å². The van der Waals surface area contributed by atoms with Crippen molar-refractivity contribution in [3.8, 4) is 0 Å². The lowest BCUT2D eigenvalue weighted by atomic mass is 10.0. The van der Waals surface area contributed by atoms with Crippen molar-refractivity contribution in [3.63, 3.8) is 0 Å². The van der Waals surface area contributed by atoms with Crippen LogP contribution in [-0.2, 0) is 17.9 Å². The summed E-state index contributed by atoms with van der Waals surface area (Å²) < 4.78 is 0. The Morgan fingerprint density at radius 2 is 2.07 bits per heavy atom. The molecule has 150 valence electrons. The summed E-state index contributed by atoms with van der Waals surface area (Å²) in [6.45, 7) is 9.79. The normalized spacial score (nSPS) is 20.6. The monoisotopic (exact) mass is 484 g/mol. The molecule has 2 aliphatic rings. The molecule has 0 bridgehead atoms. The molecule has 1 aromatic rings. The fourth-order valence-corrected chi connectivity index (χ4v) is 3.89. The fourth-order valence-electron chi connectivity index (χ4n) is 3.89. The highest BCUT2D eigenvalue weighted by Gasteiger charge is 2.20. The number of amides is 1. The fraction of sp³-hybridized carbons (Fsp3) is 0.619. The highest BCUT2D eigenvalue weighted by molar-refractivity contribution is 14.0. The van der Waals surface area contributed by atoms with Crippen LogP contribution in [0.3, 0.4) is 0 Å². The molecule has 0 saturated carbocycles. The van der Waals surface area contributed by atoms with E-state index in [-0.39, 0.29) is 29.9 Å². The molecule has 1 N–H and O–H groups in total. The van der Waals surface area contributed by atoms with Gasteiger partial charge in [0.15, 0.2) is 5.96 Å². The molecular formula is C21H33IN4O. The second-order valence-electron chi connectivity index (χ2n) is 7.60. The van der Waals surface area contributed by atoms with Gasteiger partial charge < -0.3 is 15.1 Å². The number of benzene rings is 1. The molecule has 3 rings (SSSR count). The van der Waals surface area contributed by atoms with Crippen molar-refractivity contribution in [1.29, 1.82) is 0 Å². The smallest absolute Gasteiger partial charge is 0.222 e. The molecule has 1 unspecified atom stereocenters. The van der Waals surface area contributed by atoms with Crippen LogP contribution in [0.4, 0.5) is 0 Å². The first-order valence-corrected chi connectivity index (χ1v) is 10.0. The number of piperidine rings is 1. The zero-order valence-electron chi connectivity index (χ0n) is 16.6. The lowest BCUT2D eigenvalue weighted by Crippen LogP contribution is -2.46. The van der Waals surface area contributed by atoms with Gasteiger partial charge >= 0.3 is 0 Å². The molecule has 1 atom stereocenters. The molecule has 0 spiro atoms. The van der Waals surface area contributed by atoms with Crippen LogP contribution < -0.4 is 5.32 Å². The van der Waals surface area contributed by atoms with E-state index < -0.39 is 0 Å². The van der Waals surface area contributed by atoms with Gasteiger partial charge in [0.2, 0.25) is 5.91 Å². The molecule has 2 fully saturated rings. The topological polar surface area (TPSA) is 47.9 Å². The van der Waals surface area contributed by atoms with Crippen LogP contribution in [0.2, 0.25) is 0 Å². The van der Waals surface area contributed by atoms with Crippen LogP contribution >= 0.6 is 24.0 Å². The molecule has 0 radical (unpaired) electrons. The third-order valence-corrected chi connectivity index (χ3v) is 5.24. The molecule has 1 amide bonds. The maximum absolute atomic E-state index is 11.8. The van der Waals surface area contributed by atoms with E-state index >= 15 is 0 Å². The Kier molecular flexibility index (Phi) is 8.86. The summed E-state index contributed by atoms with van der Waals surface area (Å²) in [5.41, 5.74) is 2.40. The standard InChI is InChI=1S/C21H32N4O.HI/c1-3-22-21(25-12-5-7-17(2)15-25)23-14-18-8-4-9-19(13-18)16-24-11-6-10-20(24)26;/h4,8-9,13,17H,3,5-7,10-12,14-16H2,1-2H3,(H,22,23);1H. The molecule has 0 aliphatic carbocycles. The zero-order chi connectivity index (χ0) is 18.4. The number of nitrogens with zero attached hydrogens (tertiary/aromatic N) is 3. The predicted molar refractivity (Wildman–Crippen MR) is 121 cm³/mol. The third-order valence-electron chi connectivity index (χ3n) is 5.24. The van der Waals surface area contributed by atoms with E-state index in [2.05, 4.69) is 48.3 Å². The van der Waals surface area contributed by atoms with E-state index in [1.54, 1.807) is 0 Å². The predicted octanol–water partition coefficient (Wildman–Crippen LogP) is 3.62. The highest BCUT2D eigenvalue weighted by atomic mass is 127. The van der Waals surface area contributed by atoms with Crippen LogP contribution in [-0.4, -0.2) is 47.8 Å². The highest BCUT2D eigenvalue weighted by Crippen LogP contribution is 2.17. The number of aliphatic imine (C=N–C) groups is 1. The minimum atomic E-state index is 0. The van der Waals surface area contributed by atoms with E-state index in [4.69, 9.17) is 4.99 Å². The first-order chi connectivity index (χ1) is 12.7. The summed E-state index contributed by atoms with van der Waals surface area (Å²) in [7, 11) is 0. The van der Waals surface area contributed by atoms with Gasteiger partial charge in [0.25, 0.3) is 0 Å². The van der Waals surface area contributed by atoms with E-state index in [0.29, 0.717) is 13.0 Å².